The van der Waals surface area contributed by atoms with Crippen LogP contribution in [0.25, 0.3) is 23.1 Å². The molecule has 130 valence electrons. The van der Waals surface area contributed by atoms with Gasteiger partial charge in [0.15, 0.2) is 5.82 Å². The summed E-state index contributed by atoms with van der Waals surface area (Å²) in [7, 11) is 2.08. The monoisotopic (exact) mass is 357 g/mol. The van der Waals surface area contributed by atoms with Crippen molar-refractivity contribution >= 4 is 35.5 Å². The Bertz CT molecular complexity index is 873. The third-order valence-corrected chi connectivity index (χ3v) is 4.34. The first kappa shape index (κ1) is 17.5. The van der Waals surface area contributed by atoms with E-state index in [1.54, 1.807) is 6.20 Å². The number of hydrogen-bond acceptors (Lipinski definition) is 6. The lowest BCUT2D eigenvalue weighted by Gasteiger charge is -2.30. The molecule has 2 aromatic heterocycles. The van der Waals surface area contributed by atoms with Gasteiger partial charge in [-0.3, -0.25) is 9.88 Å². The van der Waals surface area contributed by atoms with Gasteiger partial charge >= 0.3 is 0 Å². The molecule has 0 amide bonds. The maximum atomic E-state index is 5.38. The number of fused-ring (bicyclic) bond motifs is 1. The molecule has 1 aliphatic heterocycles. The molecule has 1 aliphatic rings. The van der Waals surface area contributed by atoms with E-state index in [1.807, 2.05) is 30.4 Å². The van der Waals surface area contributed by atoms with E-state index in [2.05, 4.69) is 44.5 Å². The van der Waals surface area contributed by atoms with Crippen molar-refractivity contribution in [3.63, 3.8) is 0 Å². The van der Waals surface area contributed by atoms with E-state index in [9.17, 15) is 0 Å². The fourth-order valence-corrected chi connectivity index (χ4v) is 2.97. The van der Waals surface area contributed by atoms with E-state index in [1.165, 1.54) is 0 Å². The SMILES string of the molecule is CN1CCNCC1c1noc(/C=C/c2cccc3cccnc23)n1.Cl. The molecule has 3 heterocycles. The Morgan fingerprint density at radius 2 is 2.12 bits per heavy atom. The van der Waals surface area contributed by atoms with Crippen molar-refractivity contribution in [1.29, 1.82) is 0 Å². The van der Waals surface area contributed by atoms with Gasteiger partial charge in [-0.25, -0.2) is 0 Å². The van der Waals surface area contributed by atoms with Gasteiger partial charge in [-0.2, -0.15) is 4.98 Å². The van der Waals surface area contributed by atoms with Crippen molar-refractivity contribution in [2.45, 2.75) is 6.04 Å². The van der Waals surface area contributed by atoms with E-state index in [-0.39, 0.29) is 18.4 Å². The number of piperazine rings is 1. The summed E-state index contributed by atoms with van der Waals surface area (Å²) in [5.74, 6) is 1.23. The molecule has 3 aromatic rings. The van der Waals surface area contributed by atoms with Crippen LogP contribution in [-0.2, 0) is 0 Å². The summed E-state index contributed by atoms with van der Waals surface area (Å²) in [6.07, 6.45) is 5.61. The second-order valence-electron chi connectivity index (χ2n) is 5.95. The third-order valence-electron chi connectivity index (χ3n) is 4.34. The van der Waals surface area contributed by atoms with E-state index in [4.69, 9.17) is 4.52 Å². The summed E-state index contributed by atoms with van der Waals surface area (Å²) in [4.78, 5) is 11.2. The Kier molecular flexibility index (Phi) is 5.43. The van der Waals surface area contributed by atoms with Crippen LogP contribution in [0.2, 0.25) is 0 Å². The number of hydrogen-bond donors (Lipinski definition) is 1. The molecular weight excluding hydrogens is 338 g/mol. The third kappa shape index (κ3) is 3.71. The van der Waals surface area contributed by atoms with Gasteiger partial charge in [0.1, 0.15) is 0 Å². The van der Waals surface area contributed by atoms with Gasteiger partial charge in [0.25, 0.3) is 5.89 Å². The summed E-state index contributed by atoms with van der Waals surface area (Å²) in [6, 6.07) is 10.2. The number of halogens is 1. The highest BCUT2D eigenvalue weighted by Gasteiger charge is 2.24. The van der Waals surface area contributed by atoms with E-state index in [0.717, 1.165) is 41.9 Å². The van der Waals surface area contributed by atoms with Crippen LogP contribution >= 0.6 is 12.4 Å². The lowest BCUT2D eigenvalue weighted by atomic mass is 10.1. The van der Waals surface area contributed by atoms with E-state index in [0.29, 0.717) is 5.89 Å². The van der Waals surface area contributed by atoms with E-state index >= 15 is 0 Å². The van der Waals surface area contributed by atoms with Gasteiger partial charge in [0.05, 0.1) is 11.6 Å². The molecule has 1 saturated heterocycles. The first-order valence-electron chi connectivity index (χ1n) is 8.08. The molecule has 1 N–H and O–H groups in total. The minimum Gasteiger partial charge on any atom is -0.335 e. The average molecular weight is 358 g/mol. The van der Waals surface area contributed by atoms with Crippen LogP contribution in [0.3, 0.4) is 0 Å². The molecule has 25 heavy (non-hydrogen) atoms. The minimum absolute atomic E-state index is 0. The van der Waals surface area contributed by atoms with Gasteiger partial charge < -0.3 is 9.84 Å². The maximum Gasteiger partial charge on any atom is 0.250 e. The van der Waals surface area contributed by atoms with Crippen LogP contribution in [0.15, 0.2) is 41.1 Å². The summed E-state index contributed by atoms with van der Waals surface area (Å²) in [5.41, 5.74) is 2.00. The minimum atomic E-state index is 0. The molecule has 1 unspecified atom stereocenters. The van der Waals surface area contributed by atoms with Crippen LogP contribution in [0.1, 0.15) is 23.3 Å². The van der Waals surface area contributed by atoms with Gasteiger partial charge in [-0.1, -0.05) is 29.4 Å². The van der Waals surface area contributed by atoms with Crippen molar-refractivity contribution < 1.29 is 4.52 Å². The molecular formula is C18H20ClN5O. The Labute approximate surface area is 152 Å². The van der Waals surface area contributed by atoms with Crippen LogP contribution in [0, 0.1) is 0 Å². The Morgan fingerprint density at radius 1 is 1.24 bits per heavy atom. The number of pyridine rings is 1. The second kappa shape index (κ2) is 7.74. The van der Waals surface area contributed by atoms with Crippen LogP contribution in [0.5, 0.6) is 0 Å². The Balaban J connectivity index is 0.00000182. The van der Waals surface area contributed by atoms with Crippen molar-refractivity contribution in [3.8, 4) is 0 Å². The van der Waals surface area contributed by atoms with Gasteiger partial charge in [-0.05, 0) is 19.2 Å². The van der Waals surface area contributed by atoms with Crippen LogP contribution < -0.4 is 5.32 Å². The van der Waals surface area contributed by atoms with Crippen LogP contribution in [0.4, 0.5) is 0 Å². The molecule has 1 fully saturated rings. The number of likely N-dealkylation sites (N-methyl/N-ethyl adjacent to an activating group) is 1. The standard InChI is InChI=1S/C18H19N5O.ClH/c1-23-11-10-19-12-15(23)18-21-16(24-22-18)8-7-14-5-2-4-13-6-3-9-20-17(13)14;/h2-9,15,19H,10-12H2,1H3;1H/b8-7+;. The second-order valence-corrected chi connectivity index (χ2v) is 5.95. The lowest BCUT2D eigenvalue weighted by Crippen LogP contribution is -2.44. The van der Waals surface area contributed by atoms with Crippen molar-refractivity contribution in [2.24, 2.45) is 0 Å². The van der Waals surface area contributed by atoms with Gasteiger partial charge in [-0.15, -0.1) is 12.4 Å². The molecule has 0 radical (unpaired) electrons. The molecule has 7 heteroatoms. The highest BCUT2D eigenvalue weighted by atomic mass is 35.5. The summed E-state index contributed by atoms with van der Waals surface area (Å²) >= 11 is 0. The van der Waals surface area contributed by atoms with Crippen molar-refractivity contribution in [3.05, 3.63) is 53.8 Å². The van der Waals surface area contributed by atoms with Gasteiger partial charge in [0.2, 0.25) is 0 Å². The number of nitrogens with one attached hydrogen (secondary N) is 1. The molecule has 0 spiro atoms. The highest BCUT2D eigenvalue weighted by Crippen LogP contribution is 2.20. The summed E-state index contributed by atoms with van der Waals surface area (Å²) < 4.78 is 5.38. The molecule has 1 atom stereocenters. The van der Waals surface area contributed by atoms with E-state index < -0.39 is 0 Å². The summed E-state index contributed by atoms with van der Waals surface area (Å²) in [5, 5.41) is 8.60. The number of nitrogens with zero attached hydrogens (tertiary/aromatic N) is 4. The number of benzene rings is 1. The molecule has 6 nitrogen and oxygen atoms in total. The Hall–Kier alpha value is -2.28. The summed E-state index contributed by atoms with van der Waals surface area (Å²) in [6.45, 7) is 2.81. The predicted molar refractivity (Wildman–Crippen MR) is 100 cm³/mol. The zero-order valence-corrected chi connectivity index (χ0v) is 14.7. The lowest BCUT2D eigenvalue weighted by molar-refractivity contribution is 0.190. The molecule has 0 bridgehead atoms. The van der Waals surface area contributed by atoms with Crippen molar-refractivity contribution in [1.82, 2.24) is 25.3 Å². The first-order chi connectivity index (χ1) is 11.8. The number of para-hydroxylation sites is 1. The maximum absolute atomic E-state index is 5.38. The largest absolute Gasteiger partial charge is 0.335 e. The molecule has 1 aromatic carbocycles. The Morgan fingerprint density at radius 3 is 3.00 bits per heavy atom. The number of aromatic nitrogens is 3. The fourth-order valence-electron chi connectivity index (χ4n) is 2.97. The zero-order chi connectivity index (χ0) is 16.4. The van der Waals surface area contributed by atoms with Gasteiger partial charge in [0, 0.05) is 42.9 Å². The normalized spacial score (nSPS) is 18.5. The average Bonchev–Trinajstić information content (AvgIpc) is 3.09. The smallest absolute Gasteiger partial charge is 0.250 e. The topological polar surface area (TPSA) is 67.1 Å². The fraction of sp³-hybridized carbons (Fsp3) is 0.278. The molecule has 0 saturated carbocycles. The predicted octanol–water partition coefficient (Wildman–Crippen LogP) is 2.79. The van der Waals surface area contributed by atoms with Crippen molar-refractivity contribution in [2.75, 3.05) is 26.7 Å². The zero-order valence-electron chi connectivity index (χ0n) is 13.9. The quantitative estimate of drug-likeness (QED) is 0.777. The number of rotatable bonds is 3. The molecule has 0 aliphatic carbocycles. The first-order valence-corrected chi connectivity index (χ1v) is 8.08. The van der Waals surface area contributed by atoms with Crippen LogP contribution in [-0.4, -0.2) is 46.7 Å². The molecule has 4 rings (SSSR count). The highest BCUT2D eigenvalue weighted by molar-refractivity contribution is 5.89.